The van der Waals surface area contributed by atoms with Crippen LogP contribution in [0.3, 0.4) is 0 Å². The smallest absolute Gasteiger partial charge is 0.161 e. The topological polar surface area (TPSA) is 24.9 Å². The quantitative estimate of drug-likeness (QED) is 0.178. The summed E-state index contributed by atoms with van der Waals surface area (Å²) < 4.78 is 12.2. The summed E-state index contributed by atoms with van der Waals surface area (Å²) in [4.78, 5) is 4.66. The van der Waals surface area contributed by atoms with Crippen molar-refractivity contribution in [2.24, 2.45) is 0 Å². The third-order valence-electron chi connectivity index (χ3n) is 8.92. The number of rotatable bonds is 10. The second kappa shape index (κ2) is 12.4. The number of ether oxygens (including phenoxy) is 2. The Kier molecular flexibility index (Phi) is 8.29. The van der Waals surface area contributed by atoms with E-state index in [0.29, 0.717) is 13.5 Å². The number of para-hydroxylation sites is 2. The minimum Gasteiger partial charge on any atom is -0.473 e. The normalized spacial score (nSPS) is 14.3. The molecule has 2 aliphatic rings. The van der Waals surface area contributed by atoms with Gasteiger partial charge in [0.25, 0.3) is 0 Å². The van der Waals surface area contributed by atoms with Crippen molar-refractivity contribution in [3.8, 4) is 11.5 Å². The first kappa shape index (κ1) is 28.7. The van der Waals surface area contributed by atoms with Gasteiger partial charge < -0.3 is 19.3 Å². The van der Waals surface area contributed by atoms with Crippen LogP contribution < -0.4 is 19.3 Å². The van der Waals surface area contributed by atoms with E-state index in [1.165, 1.54) is 44.8 Å². The number of hydrogen-bond acceptors (Lipinski definition) is 4. The van der Waals surface area contributed by atoms with Gasteiger partial charge in [-0.3, -0.25) is 0 Å². The second-order valence-corrected chi connectivity index (χ2v) is 12.1. The summed E-state index contributed by atoms with van der Waals surface area (Å²) in [6.45, 7) is 15.5. The average Bonchev–Trinajstić information content (AvgIpc) is 3.05. The molecule has 4 aromatic rings. The zero-order chi connectivity index (χ0) is 29.8. The molecule has 4 nitrogen and oxygen atoms in total. The Morgan fingerprint density at radius 2 is 1.30 bits per heavy atom. The summed E-state index contributed by atoms with van der Waals surface area (Å²) >= 11 is 0. The average molecular weight is 571 g/mol. The van der Waals surface area contributed by atoms with E-state index in [1.807, 2.05) is 24.3 Å². The number of nitrogens with zero attached hydrogens (tertiary/aromatic N) is 2. The van der Waals surface area contributed by atoms with Crippen LogP contribution >= 0.6 is 0 Å². The van der Waals surface area contributed by atoms with Gasteiger partial charge >= 0.3 is 0 Å². The number of allylic oxidation sites excluding steroid dienone is 2. The SMILES string of the molecule is C=CCCc1cc(C(C)(C)c2ccc(N3COc4ccccc4C3)cc2CCC=C)ccc1N1COc2ccccc2C1. The summed E-state index contributed by atoms with van der Waals surface area (Å²) in [5.41, 5.74) is 10.1. The molecule has 220 valence electrons. The highest BCUT2D eigenvalue weighted by atomic mass is 16.5. The van der Waals surface area contributed by atoms with Gasteiger partial charge in [-0.05, 0) is 78.3 Å². The van der Waals surface area contributed by atoms with Crippen molar-refractivity contribution in [2.75, 3.05) is 23.3 Å². The van der Waals surface area contributed by atoms with Crippen LogP contribution in [0.2, 0.25) is 0 Å². The lowest BCUT2D eigenvalue weighted by Crippen LogP contribution is -2.33. The molecule has 4 heteroatoms. The van der Waals surface area contributed by atoms with Gasteiger partial charge in [-0.1, -0.05) is 80.6 Å². The van der Waals surface area contributed by atoms with Crippen molar-refractivity contribution >= 4 is 11.4 Å². The Balaban J connectivity index is 1.32. The van der Waals surface area contributed by atoms with Gasteiger partial charge in [0.2, 0.25) is 0 Å². The van der Waals surface area contributed by atoms with E-state index in [2.05, 4.69) is 110 Å². The first-order chi connectivity index (χ1) is 21.0. The Hall–Kier alpha value is -4.44. The summed E-state index contributed by atoms with van der Waals surface area (Å²) in [6, 6.07) is 30.7. The van der Waals surface area contributed by atoms with E-state index in [0.717, 1.165) is 50.3 Å². The molecule has 2 aliphatic heterocycles. The first-order valence-electron chi connectivity index (χ1n) is 15.4. The molecule has 0 N–H and O–H groups in total. The summed E-state index contributed by atoms with van der Waals surface area (Å²) in [6.07, 6.45) is 7.80. The van der Waals surface area contributed by atoms with Crippen LogP contribution in [0.5, 0.6) is 11.5 Å². The molecule has 2 heterocycles. The van der Waals surface area contributed by atoms with Crippen molar-refractivity contribution in [3.05, 3.63) is 144 Å². The van der Waals surface area contributed by atoms with Gasteiger partial charge in [-0.15, -0.1) is 13.2 Å². The Bertz CT molecular complexity index is 1620. The van der Waals surface area contributed by atoms with Crippen LogP contribution in [-0.4, -0.2) is 13.5 Å². The van der Waals surface area contributed by atoms with E-state index in [4.69, 9.17) is 9.47 Å². The fraction of sp³-hybridized carbons (Fsp3) is 0.282. The molecular formula is C39H42N2O2. The van der Waals surface area contributed by atoms with Gasteiger partial charge in [0.1, 0.15) is 11.5 Å². The molecule has 6 rings (SSSR count). The molecule has 0 bridgehead atoms. The minimum atomic E-state index is -0.188. The lowest BCUT2D eigenvalue weighted by molar-refractivity contribution is 0.289. The molecule has 0 radical (unpaired) electrons. The monoisotopic (exact) mass is 570 g/mol. The number of fused-ring (bicyclic) bond motifs is 2. The van der Waals surface area contributed by atoms with E-state index < -0.39 is 0 Å². The van der Waals surface area contributed by atoms with E-state index in [-0.39, 0.29) is 5.41 Å². The number of hydrogen-bond donors (Lipinski definition) is 0. The number of benzene rings is 4. The zero-order valence-electron chi connectivity index (χ0n) is 25.5. The Morgan fingerprint density at radius 1 is 0.698 bits per heavy atom. The fourth-order valence-electron chi connectivity index (χ4n) is 6.42. The van der Waals surface area contributed by atoms with Crippen molar-refractivity contribution < 1.29 is 9.47 Å². The van der Waals surface area contributed by atoms with Crippen LogP contribution in [0.15, 0.2) is 110 Å². The standard InChI is InChI=1S/C39H42N2O2/c1-5-7-13-29-24-34(40-25-31-15-9-11-17-37(31)42-27-40)20-21-35(29)39(3,4)33-19-22-36(30(23-33)14-8-6-2)41-26-32-16-10-12-18-38(32)43-28-41/h5-6,9-12,15-24H,1-2,7-8,13-14,25-28H2,3-4H3. The van der Waals surface area contributed by atoms with E-state index in [1.54, 1.807) is 0 Å². The molecule has 4 aromatic carbocycles. The van der Waals surface area contributed by atoms with E-state index >= 15 is 0 Å². The van der Waals surface area contributed by atoms with Gasteiger partial charge in [0.05, 0.1) is 0 Å². The molecule has 0 saturated heterocycles. The van der Waals surface area contributed by atoms with Crippen molar-refractivity contribution in [2.45, 2.75) is 58.0 Å². The molecule has 0 spiro atoms. The van der Waals surface area contributed by atoms with Crippen LogP contribution in [-0.2, 0) is 31.3 Å². The number of anilines is 2. The predicted molar refractivity (Wildman–Crippen MR) is 178 cm³/mol. The van der Waals surface area contributed by atoms with Crippen molar-refractivity contribution in [3.63, 3.8) is 0 Å². The van der Waals surface area contributed by atoms with Crippen LogP contribution in [0, 0.1) is 0 Å². The summed E-state index contributed by atoms with van der Waals surface area (Å²) in [7, 11) is 0. The highest BCUT2D eigenvalue weighted by Crippen LogP contribution is 2.40. The third-order valence-corrected chi connectivity index (χ3v) is 8.92. The highest BCUT2D eigenvalue weighted by molar-refractivity contribution is 5.60. The van der Waals surface area contributed by atoms with Crippen molar-refractivity contribution in [1.82, 2.24) is 0 Å². The molecule has 0 unspecified atom stereocenters. The van der Waals surface area contributed by atoms with Gasteiger partial charge in [-0.25, -0.2) is 0 Å². The third kappa shape index (κ3) is 5.92. The lowest BCUT2D eigenvalue weighted by Gasteiger charge is -2.35. The molecule has 0 aromatic heterocycles. The highest BCUT2D eigenvalue weighted by Gasteiger charge is 2.29. The number of aryl methyl sites for hydroxylation is 2. The van der Waals surface area contributed by atoms with Gasteiger partial charge in [0.15, 0.2) is 13.5 Å². The Morgan fingerprint density at radius 3 is 1.98 bits per heavy atom. The maximum atomic E-state index is 6.14. The Labute approximate surface area is 256 Å². The van der Waals surface area contributed by atoms with Gasteiger partial charge in [-0.2, -0.15) is 0 Å². The molecular weight excluding hydrogens is 528 g/mol. The molecule has 0 saturated carbocycles. The molecule has 0 fully saturated rings. The van der Waals surface area contributed by atoms with Crippen LogP contribution in [0.1, 0.15) is 60.1 Å². The van der Waals surface area contributed by atoms with Gasteiger partial charge in [0, 0.05) is 41.0 Å². The molecule has 43 heavy (non-hydrogen) atoms. The maximum Gasteiger partial charge on any atom is 0.161 e. The largest absolute Gasteiger partial charge is 0.473 e. The second-order valence-electron chi connectivity index (χ2n) is 12.1. The van der Waals surface area contributed by atoms with Crippen LogP contribution in [0.4, 0.5) is 11.4 Å². The maximum absolute atomic E-state index is 6.14. The summed E-state index contributed by atoms with van der Waals surface area (Å²) in [5.74, 6) is 1.97. The fourth-order valence-corrected chi connectivity index (χ4v) is 6.42. The molecule has 0 atom stereocenters. The zero-order valence-corrected chi connectivity index (χ0v) is 25.5. The molecule has 0 aliphatic carbocycles. The first-order valence-corrected chi connectivity index (χ1v) is 15.4. The minimum absolute atomic E-state index is 0.188. The van der Waals surface area contributed by atoms with Crippen LogP contribution in [0.25, 0.3) is 0 Å². The lowest BCUT2D eigenvalue weighted by atomic mass is 9.74. The van der Waals surface area contributed by atoms with Crippen molar-refractivity contribution in [1.29, 1.82) is 0 Å². The van der Waals surface area contributed by atoms with E-state index in [9.17, 15) is 0 Å². The predicted octanol–water partition coefficient (Wildman–Crippen LogP) is 8.96. The summed E-state index contributed by atoms with van der Waals surface area (Å²) in [5, 5.41) is 0. The molecule has 0 amide bonds.